The predicted octanol–water partition coefficient (Wildman–Crippen LogP) is 2.45. The molecule has 1 aliphatic rings. The fourth-order valence-electron chi connectivity index (χ4n) is 2.84. The van der Waals surface area contributed by atoms with E-state index >= 15 is 0 Å². The number of carbonyl (C=O) groups is 2. The minimum atomic E-state index is -0.581. The lowest BCUT2D eigenvalue weighted by atomic mass is 9.97. The Morgan fingerprint density at radius 3 is 2.91 bits per heavy atom. The summed E-state index contributed by atoms with van der Waals surface area (Å²) < 4.78 is 5.61. The van der Waals surface area contributed by atoms with Gasteiger partial charge in [0, 0.05) is 6.54 Å². The van der Waals surface area contributed by atoms with Crippen molar-refractivity contribution in [2.75, 3.05) is 13.7 Å². The average Bonchev–Trinajstić information content (AvgIpc) is 3.19. The smallest absolute Gasteiger partial charge is 0.407 e. The summed E-state index contributed by atoms with van der Waals surface area (Å²) in [5, 5.41) is 2.69. The molecule has 0 saturated carbocycles. The summed E-state index contributed by atoms with van der Waals surface area (Å²) >= 11 is 2.17. The Bertz CT molecular complexity index is 563. The molecule has 1 aromatic heterocycles. The maximum atomic E-state index is 13.0. The van der Waals surface area contributed by atoms with Gasteiger partial charge in [-0.3, -0.25) is 4.79 Å². The van der Waals surface area contributed by atoms with Gasteiger partial charge in [-0.05, 0) is 41.4 Å². The molecule has 2 heterocycles. The Hall–Kier alpha value is -1.32. The van der Waals surface area contributed by atoms with E-state index in [2.05, 4.69) is 42.6 Å². The summed E-state index contributed by atoms with van der Waals surface area (Å²) in [7, 11) is 1.30. The number of hydrogen-bond donors (Lipinski definition) is 2. The van der Waals surface area contributed by atoms with E-state index in [1.807, 2.05) is 18.7 Å². The number of rotatable bonds is 5. The first-order valence-corrected chi connectivity index (χ1v) is 8.91. The second-order valence-electron chi connectivity index (χ2n) is 5.81. The summed E-state index contributed by atoms with van der Waals surface area (Å²) in [5.41, 5.74) is 0. The number of H-pyrrole nitrogens is 1. The molecule has 0 aliphatic carbocycles. The van der Waals surface area contributed by atoms with E-state index in [1.54, 1.807) is 6.20 Å². The number of alkyl carbamates (subject to hydrolysis) is 1. The van der Waals surface area contributed by atoms with Crippen LogP contribution in [0, 0.1) is 9.62 Å². The van der Waals surface area contributed by atoms with Gasteiger partial charge >= 0.3 is 6.09 Å². The largest absolute Gasteiger partial charge is 0.453 e. The minimum absolute atomic E-state index is 0.0274. The molecule has 0 spiro atoms. The van der Waals surface area contributed by atoms with Crippen LogP contribution in [0.5, 0.6) is 0 Å². The van der Waals surface area contributed by atoms with Crippen molar-refractivity contribution in [3.05, 3.63) is 15.7 Å². The Morgan fingerprint density at radius 1 is 1.61 bits per heavy atom. The second kappa shape index (κ2) is 7.98. The van der Waals surface area contributed by atoms with Crippen molar-refractivity contribution in [2.24, 2.45) is 5.92 Å². The molecule has 0 radical (unpaired) electrons. The molecule has 8 heteroatoms. The van der Waals surface area contributed by atoms with Gasteiger partial charge in [0.2, 0.25) is 5.91 Å². The highest BCUT2D eigenvalue weighted by Crippen LogP contribution is 2.31. The van der Waals surface area contributed by atoms with Crippen LogP contribution in [0.2, 0.25) is 0 Å². The number of ether oxygens (including phenoxy) is 1. The van der Waals surface area contributed by atoms with Gasteiger partial charge in [-0.2, -0.15) is 0 Å². The highest BCUT2D eigenvalue weighted by molar-refractivity contribution is 14.1. The fraction of sp³-hybridized carbons (Fsp3) is 0.667. The number of halogens is 1. The van der Waals surface area contributed by atoms with E-state index in [9.17, 15) is 9.59 Å². The van der Waals surface area contributed by atoms with Crippen LogP contribution in [0.4, 0.5) is 4.79 Å². The number of carbonyl (C=O) groups excluding carboxylic acids is 2. The van der Waals surface area contributed by atoms with Gasteiger partial charge in [0.1, 0.15) is 11.9 Å². The molecule has 1 fully saturated rings. The van der Waals surface area contributed by atoms with E-state index in [0.717, 1.165) is 28.8 Å². The van der Waals surface area contributed by atoms with Crippen LogP contribution in [-0.2, 0) is 9.53 Å². The molecule has 128 valence electrons. The van der Waals surface area contributed by atoms with Crippen LogP contribution < -0.4 is 5.32 Å². The minimum Gasteiger partial charge on any atom is -0.453 e. The second-order valence-corrected chi connectivity index (χ2v) is 6.97. The summed E-state index contributed by atoms with van der Waals surface area (Å²) in [6.45, 7) is 4.64. The molecule has 3 atom stereocenters. The van der Waals surface area contributed by atoms with Crippen molar-refractivity contribution in [2.45, 2.75) is 45.2 Å². The Kier molecular flexibility index (Phi) is 6.25. The summed E-state index contributed by atoms with van der Waals surface area (Å²) in [6, 6.07) is -0.640. The van der Waals surface area contributed by atoms with Gasteiger partial charge in [0.05, 0.1) is 23.0 Å². The summed E-state index contributed by atoms with van der Waals surface area (Å²) in [5.74, 6) is 0.763. The maximum absolute atomic E-state index is 13.0. The molecule has 2 N–H and O–H groups in total. The van der Waals surface area contributed by atoms with E-state index in [0.29, 0.717) is 6.54 Å². The van der Waals surface area contributed by atoms with Gasteiger partial charge in [-0.1, -0.05) is 20.3 Å². The number of imidazole rings is 1. The fourth-order valence-corrected chi connectivity index (χ4v) is 3.26. The van der Waals surface area contributed by atoms with E-state index < -0.39 is 12.1 Å². The van der Waals surface area contributed by atoms with Crippen molar-refractivity contribution in [3.8, 4) is 0 Å². The monoisotopic (exact) mass is 434 g/mol. The topological polar surface area (TPSA) is 87.3 Å². The van der Waals surface area contributed by atoms with E-state index in [-0.39, 0.29) is 17.9 Å². The summed E-state index contributed by atoms with van der Waals surface area (Å²) in [4.78, 5) is 34.0. The van der Waals surface area contributed by atoms with Gasteiger partial charge in [0.15, 0.2) is 0 Å². The number of aromatic amines is 1. The Labute approximate surface area is 149 Å². The van der Waals surface area contributed by atoms with Gasteiger partial charge in [-0.25, -0.2) is 9.78 Å². The van der Waals surface area contributed by atoms with Crippen LogP contribution in [0.1, 0.15) is 45.0 Å². The first-order valence-electron chi connectivity index (χ1n) is 7.83. The lowest BCUT2D eigenvalue weighted by molar-refractivity contribution is -0.135. The molecule has 0 aromatic carbocycles. The molecule has 2 rings (SSSR count). The average molecular weight is 434 g/mol. The number of methoxy groups -OCH3 is 1. The molecule has 1 unspecified atom stereocenters. The number of nitrogens with one attached hydrogen (secondary N) is 2. The third kappa shape index (κ3) is 4.15. The first kappa shape index (κ1) is 18.0. The number of nitrogens with zero attached hydrogens (tertiary/aromatic N) is 2. The van der Waals surface area contributed by atoms with Crippen molar-refractivity contribution in [3.63, 3.8) is 0 Å². The van der Waals surface area contributed by atoms with Crippen molar-refractivity contribution in [1.82, 2.24) is 20.2 Å². The van der Waals surface area contributed by atoms with Crippen molar-refractivity contribution < 1.29 is 14.3 Å². The molecule has 1 aromatic rings. The maximum Gasteiger partial charge on any atom is 0.407 e. The summed E-state index contributed by atoms with van der Waals surface area (Å²) in [6.07, 6.45) is 3.78. The number of hydrogen-bond acceptors (Lipinski definition) is 4. The lowest BCUT2D eigenvalue weighted by Crippen LogP contribution is -2.51. The first-order chi connectivity index (χ1) is 11.0. The van der Waals surface area contributed by atoms with Gasteiger partial charge < -0.3 is 19.9 Å². The van der Waals surface area contributed by atoms with Crippen LogP contribution in [0.3, 0.4) is 0 Å². The molecule has 1 saturated heterocycles. The predicted molar refractivity (Wildman–Crippen MR) is 93.8 cm³/mol. The van der Waals surface area contributed by atoms with Crippen molar-refractivity contribution >= 4 is 34.6 Å². The van der Waals surface area contributed by atoms with Gasteiger partial charge in [-0.15, -0.1) is 0 Å². The highest BCUT2D eigenvalue weighted by atomic mass is 127. The standard InChI is InChI=1S/C15H23IN4O3/c1-4-9(2)12(19-15(22)23-3)14(21)20-7-5-6-10(20)13-17-8-11(16)18-13/h8-10,12H,4-7H2,1-3H3,(H,17,18)(H,19,22)/t9?,10-,12-/m0/s1. The van der Waals surface area contributed by atoms with E-state index in [4.69, 9.17) is 0 Å². The zero-order valence-electron chi connectivity index (χ0n) is 13.6. The van der Waals surface area contributed by atoms with Crippen LogP contribution in [0.15, 0.2) is 6.20 Å². The number of amides is 2. The highest BCUT2D eigenvalue weighted by Gasteiger charge is 2.37. The zero-order valence-corrected chi connectivity index (χ0v) is 15.8. The Morgan fingerprint density at radius 2 is 2.35 bits per heavy atom. The third-order valence-corrected chi connectivity index (χ3v) is 4.90. The van der Waals surface area contributed by atoms with Crippen LogP contribution >= 0.6 is 22.6 Å². The normalized spacial score (nSPS) is 20.2. The Balaban J connectivity index is 2.18. The quantitative estimate of drug-likeness (QED) is 0.698. The van der Waals surface area contributed by atoms with Crippen LogP contribution in [0.25, 0.3) is 0 Å². The number of likely N-dealkylation sites (tertiary alicyclic amines) is 1. The molecule has 0 bridgehead atoms. The van der Waals surface area contributed by atoms with E-state index in [1.165, 1.54) is 7.11 Å². The number of aromatic nitrogens is 2. The third-order valence-electron chi connectivity index (χ3n) is 4.35. The molecular weight excluding hydrogens is 411 g/mol. The SMILES string of the molecule is CCC(C)[C@H](NC(=O)OC)C(=O)N1CCC[C@H]1c1ncc(I)[nH]1. The van der Waals surface area contributed by atoms with Gasteiger partial charge in [0.25, 0.3) is 0 Å². The van der Waals surface area contributed by atoms with Crippen molar-refractivity contribution in [1.29, 1.82) is 0 Å². The van der Waals surface area contributed by atoms with Crippen LogP contribution in [-0.4, -0.2) is 46.6 Å². The molecule has 23 heavy (non-hydrogen) atoms. The molecule has 1 aliphatic heterocycles. The zero-order chi connectivity index (χ0) is 17.0. The lowest BCUT2D eigenvalue weighted by Gasteiger charge is -2.30. The molecule has 7 nitrogen and oxygen atoms in total. The molecule has 2 amide bonds. The molecular formula is C15H23IN4O3.